The second-order valence-electron chi connectivity index (χ2n) is 14.0. The van der Waals surface area contributed by atoms with Crippen molar-refractivity contribution in [2.24, 2.45) is 0 Å². The number of thiophene rings is 1. The normalized spacial score (nSPS) is 14.4. The number of benzene rings is 7. The molecule has 0 aliphatic heterocycles. The molecule has 0 radical (unpaired) electrons. The maximum Gasteiger partial charge on any atom is 0.0476 e. The Kier molecular flexibility index (Phi) is 8.47. The van der Waals surface area contributed by atoms with E-state index in [9.17, 15) is 0 Å². The van der Waals surface area contributed by atoms with Crippen molar-refractivity contribution >= 4 is 48.6 Å². The van der Waals surface area contributed by atoms with Gasteiger partial charge in [-0.15, -0.1) is 11.3 Å². The van der Waals surface area contributed by atoms with Gasteiger partial charge in [-0.3, -0.25) is 0 Å². The Hall–Kier alpha value is -5.44. The molecule has 1 aromatic heterocycles. The van der Waals surface area contributed by atoms with E-state index in [1.807, 2.05) is 11.3 Å². The zero-order chi connectivity index (χ0) is 34.0. The van der Waals surface area contributed by atoms with Crippen molar-refractivity contribution in [3.05, 3.63) is 187 Å². The van der Waals surface area contributed by atoms with E-state index in [-0.39, 0.29) is 5.41 Å². The molecule has 1 nitrogen and oxygen atoms in total. The van der Waals surface area contributed by atoms with E-state index < -0.39 is 0 Å². The fourth-order valence-corrected chi connectivity index (χ4v) is 9.62. The number of fused-ring (bicyclic) bond motifs is 3. The van der Waals surface area contributed by atoms with Crippen molar-refractivity contribution in [3.63, 3.8) is 0 Å². The van der Waals surface area contributed by atoms with Crippen LogP contribution in [0.2, 0.25) is 0 Å². The van der Waals surface area contributed by atoms with Crippen molar-refractivity contribution in [1.29, 1.82) is 0 Å². The third kappa shape index (κ3) is 5.94. The minimum atomic E-state index is 0.0604. The topological polar surface area (TPSA) is 3.24 Å². The number of nitrogens with zero attached hydrogens (tertiary/aromatic N) is 1. The average molecular weight is 676 g/mol. The van der Waals surface area contributed by atoms with Crippen LogP contribution in [0.1, 0.15) is 49.7 Å². The van der Waals surface area contributed by atoms with Gasteiger partial charge >= 0.3 is 0 Å². The Morgan fingerprint density at radius 2 is 0.961 bits per heavy atom. The lowest BCUT2D eigenvalue weighted by atomic mass is 9.69. The smallest absolute Gasteiger partial charge is 0.0476 e. The summed E-state index contributed by atoms with van der Waals surface area (Å²) in [4.78, 5) is 2.43. The van der Waals surface area contributed by atoms with E-state index in [0.717, 1.165) is 5.69 Å². The molecule has 1 fully saturated rings. The summed E-state index contributed by atoms with van der Waals surface area (Å²) in [5.74, 6) is 0. The first-order valence-electron chi connectivity index (χ1n) is 18.4. The molecule has 0 spiro atoms. The molecule has 1 saturated carbocycles. The molecule has 0 N–H and O–H groups in total. The van der Waals surface area contributed by atoms with E-state index in [4.69, 9.17) is 0 Å². The third-order valence-corrected chi connectivity index (χ3v) is 12.1. The van der Waals surface area contributed by atoms with Gasteiger partial charge in [-0.25, -0.2) is 0 Å². The van der Waals surface area contributed by atoms with E-state index >= 15 is 0 Å². The second kappa shape index (κ2) is 13.7. The Morgan fingerprint density at radius 3 is 1.63 bits per heavy atom. The van der Waals surface area contributed by atoms with Crippen LogP contribution < -0.4 is 4.90 Å². The van der Waals surface area contributed by atoms with Crippen LogP contribution in [0.25, 0.3) is 42.4 Å². The number of rotatable bonds is 7. The zero-order valence-corrected chi connectivity index (χ0v) is 29.7. The Balaban J connectivity index is 1.16. The quantitative estimate of drug-likeness (QED) is 0.152. The van der Waals surface area contributed by atoms with Crippen LogP contribution in [0.3, 0.4) is 0 Å². The summed E-state index contributed by atoms with van der Waals surface area (Å²) < 4.78 is 2.62. The minimum absolute atomic E-state index is 0.0604. The Labute approximate surface area is 305 Å². The third-order valence-electron chi connectivity index (χ3n) is 11.0. The number of hydrogen-bond acceptors (Lipinski definition) is 2. The Bertz CT molecular complexity index is 2380. The molecule has 0 amide bonds. The summed E-state index contributed by atoms with van der Waals surface area (Å²) >= 11 is 1.89. The first-order valence-corrected chi connectivity index (χ1v) is 19.2. The Morgan fingerprint density at radius 1 is 0.412 bits per heavy atom. The van der Waals surface area contributed by atoms with E-state index in [1.54, 1.807) is 0 Å². The van der Waals surface area contributed by atoms with Crippen LogP contribution in [-0.4, -0.2) is 0 Å². The van der Waals surface area contributed by atoms with Gasteiger partial charge in [0.05, 0.1) is 0 Å². The first-order chi connectivity index (χ1) is 25.3. The molecule has 0 bridgehead atoms. The van der Waals surface area contributed by atoms with Crippen LogP contribution in [0, 0.1) is 0 Å². The lowest BCUT2D eigenvalue weighted by Gasteiger charge is -2.35. The van der Waals surface area contributed by atoms with Crippen molar-refractivity contribution in [3.8, 4) is 22.3 Å². The van der Waals surface area contributed by atoms with Gasteiger partial charge in [0.15, 0.2) is 0 Å². The van der Waals surface area contributed by atoms with Crippen molar-refractivity contribution < 1.29 is 0 Å². The standard InChI is InChI=1S/C49H41NS/c1-2-13-34-49(33-12-1,39-19-10-5-11-20-39)40-25-29-42(30-26-40)50(41-27-23-37(24-28-41)36-15-6-3-7-16-36)43-31-32-45-47(35-43)51-46-22-14-21-44(48(45)46)38-17-8-4-9-18-38/h3-11,14-32,35H,1-2,12-13,33-34H2. The van der Waals surface area contributed by atoms with Crippen LogP contribution in [0.15, 0.2) is 176 Å². The molecular formula is C49H41NS. The van der Waals surface area contributed by atoms with E-state index in [1.165, 1.54) is 103 Å². The van der Waals surface area contributed by atoms with Crippen LogP contribution in [0.5, 0.6) is 0 Å². The lowest BCUT2D eigenvalue weighted by molar-refractivity contribution is 0.446. The van der Waals surface area contributed by atoms with Gasteiger partial charge in [-0.05, 0) is 88.7 Å². The van der Waals surface area contributed by atoms with Crippen LogP contribution in [-0.2, 0) is 5.41 Å². The van der Waals surface area contributed by atoms with Gasteiger partial charge in [-0.1, -0.05) is 159 Å². The molecule has 248 valence electrons. The predicted molar refractivity (Wildman–Crippen MR) is 220 cm³/mol. The molecule has 0 saturated heterocycles. The summed E-state index contributed by atoms with van der Waals surface area (Å²) in [6, 6.07) is 65.1. The largest absolute Gasteiger partial charge is 0.310 e. The fourth-order valence-electron chi connectivity index (χ4n) is 8.46. The summed E-state index contributed by atoms with van der Waals surface area (Å²) in [6.07, 6.45) is 7.61. The SMILES string of the molecule is c1ccc(-c2ccc(N(c3ccc(C4(c5ccccc5)CCCCCC4)cc3)c3ccc4c(c3)sc3cccc(-c5ccccc5)c34)cc2)cc1. The molecule has 1 aliphatic rings. The zero-order valence-electron chi connectivity index (χ0n) is 28.8. The van der Waals surface area contributed by atoms with Crippen molar-refractivity contribution in [1.82, 2.24) is 0 Å². The number of anilines is 3. The highest BCUT2D eigenvalue weighted by molar-refractivity contribution is 7.26. The highest BCUT2D eigenvalue weighted by Crippen LogP contribution is 2.47. The highest BCUT2D eigenvalue weighted by Gasteiger charge is 2.34. The molecule has 2 heteroatoms. The monoisotopic (exact) mass is 675 g/mol. The van der Waals surface area contributed by atoms with Gasteiger partial charge < -0.3 is 4.90 Å². The molecule has 1 aliphatic carbocycles. The van der Waals surface area contributed by atoms with E-state index in [2.05, 4.69) is 181 Å². The molecule has 1 heterocycles. The summed E-state index contributed by atoms with van der Waals surface area (Å²) in [5.41, 5.74) is 11.5. The predicted octanol–water partition coefficient (Wildman–Crippen LogP) is 14.5. The van der Waals surface area contributed by atoms with Gasteiger partial charge in [0, 0.05) is 42.6 Å². The first kappa shape index (κ1) is 31.5. The van der Waals surface area contributed by atoms with Crippen LogP contribution in [0.4, 0.5) is 17.1 Å². The molecule has 7 aromatic carbocycles. The lowest BCUT2D eigenvalue weighted by Crippen LogP contribution is -2.27. The fraction of sp³-hybridized carbons (Fsp3) is 0.143. The molecule has 0 unspecified atom stereocenters. The maximum absolute atomic E-state index is 2.43. The van der Waals surface area contributed by atoms with Gasteiger partial charge in [0.1, 0.15) is 0 Å². The van der Waals surface area contributed by atoms with Gasteiger partial charge in [0.2, 0.25) is 0 Å². The van der Waals surface area contributed by atoms with Crippen molar-refractivity contribution in [2.45, 2.75) is 43.9 Å². The maximum atomic E-state index is 2.43. The van der Waals surface area contributed by atoms with Gasteiger partial charge in [0.25, 0.3) is 0 Å². The summed E-state index contributed by atoms with van der Waals surface area (Å²) in [6.45, 7) is 0. The van der Waals surface area contributed by atoms with E-state index in [0.29, 0.717) is 0 Å². The van der Waals surface area contributed by atoms with Gasteiger partial charge in [-0.2, -0.15) is 0 Å². The molecule has 51 heavy (non-hydrogen) atoms. The number of hydrogen-bond donors (Lipinski definition) is 0. The molecule has 0 atom stereocenters. The minimum Gasteiger partial charge on any atom is -0.310 e. The molecular weight excluding hydrogens is 635 g/mol. The summed E-state index contributed by atoms with van der Waals surface area (Å²) in [7, 11) is 0. The average Bonchev–Trinajstić information content (AvgIpc) is 3.39. The van der Waals surface area contributed by atoms with Crippen molar-refractivity contribution in [2.75, 3.05) is 4.90 Å². The molecule has 8 aromatic rings. The highest BCUT2D eigenvalue weighted by atomic mass is 32.1. The second-order valence-corrected chi connectivity index (χ2v) is 15.1. The van der Waals surface area contributed by atoms with Crippen LogP contribution >= 0.6 is 11.3 Å². The summed E-state index contributed by atoms with van der Waals surface area (Å²) in [5, 5.41) is 2.65. The molecule has 9 rings (SSSR count).